The van der Waals surface area contributed by atoms with Gasteiger partial charge in [0.1, 0.15) is 23.2 Å². The number of sulfonamides is 1. The van der Waals surface area contributed by atoms with Crippen molar-refractivity contribution < 1.29 is 31.1 Å². The summed E-state index contributed by atoms with van der Waals surface area (Å²) in [5.74, 6) is -3.37. The molecule has 0 atom stereocenters. The summed E-state index contributed by atoms with van der Waals surface area (Å²) in [5, 5.41) is 2.43. The van der Waals surface area contributed by atoms with Crippen molar-refractivity contribution in [2.45, 2.75) is 11.8 Å². The lowest BCUT2D eigenvalue weighted by molar-refractivity contribution is 0.102. The quantitative estimate of drug-likeness (QED) is 0.553. The highest BCUT2D eigenvalue weighted by Gasteiger charge is 2.20. The fourth-order valence-corrected chi connectivity index (χ4v) is 3.76. The van der Waals surface area contributed by atoms with Crippen LogP contribution in [-0.2, 0) is 10.0 Å². The summed E-state index contributed by atoms with van der Waals surface area (Å²) in [4.78, 5) is 12.1. The van der Waals surface area contributed by atoms with Crippen LogP contribution in [0.15, 0.2) is 65.6 Å². The maximum absolute atomic E-state index is 13.9. The van der Waals surface area contributed by atoms with Gasteiger partial charge >= 0.3 is 0 Å². The van der Waals surface area contributed by atoms with Gasteiger partial charge in [-0.1, -0.05) is 12.1 Å². The Morgan fingerprint density at radius 1 is 0.935 bits per heavy atom. The largest absolute Gasteiger partial charge is 0.492 e. The number of amides is 1. The van der Waals surface area contributed by atoms with Crippen molar-refractivity contribution >= 4 is 27.3 Å². The molecule has 0 aliphatic carbocycles. The normalized spacial score (nSPS) is 11.1. The summed E-state index contributed by atoms with van der Waals surface area (Å²) < 4.78 is 73.6. The maximum Gasteiger partial charge on any atom is 0.262 e. The molecule has 3 aromatic carbocycles. The zero-order chi connectivity index (χ0) is 22.6. The predicted molar refractivity (Wildman–Crippen MR) is 109 cm³/mol. The number of carbonyl (C=O) groups excluding carboxylic acids is 1. The molecule has 0 saturated carbocycles. The zero-order valence-electron chi connectivity index (χ0n) is 16.2. The number of benzene rings is 3. The molecule has 0 radical (unpaired) electrons. The highest BCUT2D eigenvalue weighted by atomic mass is 32.2. The number of ether oxygens (including phenoxy) is 1. The third-order valence-electron chi connectivity index (χ3n) is 4.10. The van der Waals surface area contributed by atoms with Crippen molar-refractivity contribution in [3.05, 3.63) is 83.7 Å². The second-order valence-electron chi connectivity index (χ2n) is 6.25. The first kappa shape index (κ1) is 22.2. The van der Waals surface area contributed by atoms with Gasteiger partial charge in [0.2, 0.25) is 0 Å². The summed E-state index contributed by atoms with van der Waals surface area (Å²) in [7, 11) is -4.30. The van der Waals surface area contributed by atoms with Crippen LogP contribution in [0.4, 0.5) is 24.5 Å². The first-order valence-corrected chi connectivity index (χ1v) is 10.5. The minimum absolute atomic E-state index is 0.0300. The van der Waals surface area contributed by atoms with Crippen LogP contribution in [0.25, 0.3) is 0 Å². The zero-order valence-corrected chi connectivity index (χ0v) is 17.0. The molecule has 31 heavy (non-hydrogen) atoms. The number of halogens is 3. The molecule has 0 spiro atoms. The van der Waals surface area contributed by atoms with E-state index in [0.29, 0.717) is 6.07 Å². The second-order valence-corrected chi connectivity index (χ2v) is 7.94. The molecule has 0 unspecified atom stereocenters. The minimum atomic E-state index is -4.30. The molecule has 2 N–H and O–H groups in total. The van der Waals surface area contributed by atoms with Gasteiger partial charge in [0.05, 0.1) is 28.4 Å². The molecule has 0 aromatic heterocycles. The van der Waals surface area contributed by atoms with Gasteiger partial charge in [0, 0.05) is 6.07 Å². The molecule has 0 heterocycles. The van der Waals surface area contributed by atoms with E-state index in [1.165, 1.54) is 30.3 Å². The smallest absolute Gasteiger partial charge is 0.262 e. The van der Waals surface area contributed by atoms with Crippen LogP contribution in [-0.4, -0.2) is 20.9 Å². The van der Waals surface area contributed by atoms with Crippen molar-refractivity contribution in [1.29, 1.82) is 0 Å². The van der Waals surface area contributed by atoms with E-state index < -0.39 is 39.1 Å². The Bertz CT molecular complexity index is 1230. The van der Waals surface area contributed by atoms with E-state index in [0.717, 1.165) is 24.3 Å². The van der Waals surface area contributed by atoms with E-state index >= 15 is 0 Å². The van der Waals surface area contributed by atoms with Gasteiger partial charge in [-0.3, -0.25) is 9.52 Å². The van der Waals surface area contributed by atoms with Gasteiger partial charge in [0.25, 0.3) is 15.9 Å². The molecule has 3 aromatic rings. The molecule has 0 aliphatic heterocycles. The predicted octanol–water partition coefficient (Wildman–Crippen LogP) is 4.56. The first-order valence-electron chi connectivity index (χ1n) is 9.02. The average molecular weight is 450 g/mol. The van der Waals surface area contributed by atoms with E-state index in [4.69, 9.17) is 4.74 Å². The molecule has 0 bridgehead atoms. The van der Waals surface area contributed by atoms with Crippen molar-refractivity contribution in [2.24, 2.45) is 0 Å². The van der Waals surface area contributed by atoms with Crippen molar-refractivity contribution in [3.8, 4) is 5.75 Å². The number of anilines is 2. The lowest BCUT2D eigenvalue weighted by Crippen LogP contribution is -2.17. The van der Waals surface area contributed by atoms with Crippen LogP contribution in [0.5, 0.6) is 5.75 Å². The minimum Gasteiger partial charge on any atom is -0.492 e. The topological polar surface area (TPSA) is 84.5 Å². The number of rotatable bonds is 7. The molecule has 1 amide bonds. The van der Waals surface area contributed by atoms with Crippen molar-refractivity contribution in [2.75, 3.05) is 16.6 Å². The molecule has 10 heteroatoms. The van der Waals surface area contributed by atoms with Crippen LogP contribution in [0, 0.1) is 17.5 Å². The molecule has 0 saturated heterocycles. The van der Waals surface area contributed by atoms with Gasteiger partial charge in [-0.25, -0.2) is 21.6 Å². The Labute approximate surface area is 176 Å². The van der Waals surface area contributed by atoms with E-state index in [2.05, 4.69) is 5.32 Å². The Balaban J connectivity index is 1.95. The van der Waals surface area contributed by atoms with Crippen LogP contribution >= 0.6 is 0 Å². The van der Waals surface area contributed by atoms with E-state index in [1.54, 1.807) is 6.92 Å². The average Bonchev–Trinajstić information content (AvgIpc) is 2.71. The van der Waals surface area contributed by atoms with Crippen LogP contribution < -0.4 is 14.8 Å². The number of carbonyl (C=O) groups is 1. The van der Waals surface area contributed by atoms with Gasteiger partial charge in [0.15, 0.2) is 0 Å². The van der Waals surface area contributed by atoms with Crippen LogP contribution in [0.3, 0.4) is 0 Å². The fourth-order valence-electron chi connectivity index (χ4n) is 2.67. The highest BCUT2D eigenvalue weighted by Crippen LogP contribution is 2.30. The Hall–Kier alpha value is -3.53. The highest BCUT2D eigenvalue weighted by molar-refractivity contribution is 7.92. The summed E-state index contributed by atoms with van der Waals surface area (Å²) in [6.45, 7) is 1.90. The fraction of sp³-hybridized carbons (Fsp3) is 0.0952. The standard InChI is InChI=1S/C21H17F3N2O4S/c1-2-30-20-10-8-14(31(28,29)26-18-9-7-13(22)11-17(18)24)12-19(20)25-21(27)15-5-3-4-6-16(15)23/h3-12,26H,2H2,1H3,(H,25,27). The van der Waals surface area contributed by atoms with Crippen molar-refractivity contribution in [3.63, 3.8) is 0 Å². The lowest BCUT2D eigenvalue weighted by Gasteiger charge is -2.15. The van der Waals surface area contributed by atoms with Gasteiger partial charge in [-0.2, -0.15) is 0 Å². The molecule has 0 aliphatic rings. The molecular weight excluding hydrogens is 433 g/mol. The molecular formula is C21H17F3N2O4S. The van der Waals surface area contributed by atoms with Gasteiger partial charge < -0.3 is 10.1 Å². The number of nitrogens with one attached hydrogen (secondary N) is 2. The number of hydrogen-bond donors (Lipinski definition) is 2. The molecule has 162 valence electrons. The van der Waals surface area contributed by atoms with Crippen LogP contribution in [0.2, 0.25) is 0 Å². The third-order valence-corrected chi connectivity index (χ3v) is 5.47. The van der Waals surface area contributed by atoms with E-state index in [9.17, 15) is 26.4 Å². The molecule has 6 nitrogen and oxygen atoms in total. The molecule has 0 fully saturated rings. The van der Waals surface area contributed by atoms with Gasteiger partial charge in [-0.05, 0) is 49.4 Å². The SMILES string of the molecule is CCOc1ccc(S(=O)(=O)Nc2ccc(F)cc2F)cc1NC(=O)c1ccccc1F. The van der Waals surface area contributed by atoms with Crippen molar-refractivity contribution in [1.82, 2.24) is 0 Å². The first-order chi connectivity index (χ1) is 14.7. The molecule has 3 rings (SSSR count). The van der Waals surface area contributed by atoms with E-state index in [-0.39, 0.29) is 28.5 Å². The van der Waals surface area contributed by atoms with Gasteiger partial charge in [-0.15, -0.1) is 0 Å². The maximum atomic E-state index is 13.9. The Kier molecular flexibility index (Phi) is 6.50. The summed E-state index contributed by atoms with van der Waals surface area (Å²) >= 11 is 0. The monoisotopic (exact) mass is 450 g/mol. The third kappa shape index (κ3) is 5.15. The summed E-state index contributed by atoms with van der Waals surface area (Å²) in [6.07, 6.45) is 0. The summed E-state index contributed by atoms with van der Waals surface area (Å²) in [5.41, 5.74) is -0.727. The summed E-state index contributed by atoms with van der Waals surface area (Å²) in [6, 6.07) is 11.2. The van der Waals surface area contributed by atoms with E-state index in [1.807, 2.05) is 4.72 Å². The second kappa shape index (κ2) is 9.09. The van der Waals surface area contributed by atoms with Crippen LogP contribution in [0.1, 0.15) is 17.3 Å². The Morgan fingerprint density at radius 3 is 2.35 bits per heavy atom. The Morgan fingerprint density at radius 2 is 1.68 bits per heavy atom. The number of hydrogen-bond acceptors (Lipinski definition) is 4. The lowest BCUT2D eigenvalue weighted by atomic mass is 10.2.